The van der Waals surface area contributed by atoms with E-state index in [1.54, 1.807) is 0 Å². The lowest BCUT2D eigenvalue weighted by Crippen LogP contribution is -2.23. The van der Waals surface area contributed by atoms with Gasteiger partial charge in [0.25, 0.3) is 0 Å². The topological polar surface area (TPSA) is 46.5 Å². The zero-order valence-corrected chi connectivity index (χ0v) is 7.03. The summed E-state index contributed by atoms with van der Waals surface area (Å²) in [4.78, 5) is 10.7. The van der Waals surface area contributed by atoms with E-state index >= 15 is 0 Å². The zero-order chi connectivity index (χ0) is 8.97. The van der Waals surface area contributed by atoms with Gasteiger partial charge in [-0.3, -0.25) is 4.79 Å². The average molecular weight is 168 g/mol. The Morgan fingerprint density at radius 2 is 2.42 bits per heavy atom. The third-order valence-electron chi connectivity index (χ3n) is 2.22. The molecule has 3 nitrogen and oxygen atoms in total. The summed E-state index contributed by atoms with van der Waals surface area (Å²) in [6.45, 7) is 0.576. The smallest absolute Gasteiger partial charge is 0.309 e. The second kappa shape index (κ2) is 4.50. The highest BCUT2D eigenvalue weighted by molar-refractivity contribution is 6.08. The van der Waals surface area contributed by atoms with Crippen molar-refractivity contribution in [2.75, 3.05) is 6.61 Å². The molecule has 0 spiro atoms. The van der Waals surface area contributed by atoms with Crippen LogP contribution < -0.4 is 0 Å². The van der Waals surface area contributed by atoms with Gasteiger partial charge >= 0.3 is 5.97 Å². The molecule has 1 fully saturated rings. The Bertz CT molecular complexity index is 160. The molecule has 1 N–H and O–H groups in total. The normalized spacial score (nSPS) is 29.0. The van der Waals surface area contributed by atoms with Crippen LogP contribution in [0.3, 0.4) is 0 Å². The number of ether oxygens (including phenoxy) is 1. The van der Waals surface area contributed by atoms with Crippen molar-refractivity contribution in [2.45, 2.75) is 31.7 Å². The lowest BCUT2D eigenvalue weighted by Gasteiger charge is -2.13. The van der Waals surface area contributed by atoms with Crippen LogP contribution in [-0.2, 0) is 9.53 Å². The molecule has 0 aliphatic carbocycles. The Morgan fingerprint density at radius 1 is 1.67 bits per heavy atom. The number of rotatable bonds is 4. The molecule has 0 aromatic carbocycles. The van der Waals surface area contributed by atoms with E-state index in [2.05, 4.69) is 0 Å². The highest BCUT2D eigenvalue weighted by Crippen LogP contribution is 2.24. The van der Waals surface area contributed by atoms with Crippen LogP contribution in [0.25, 0.3) is 0 Å². The van der Waals surface area contributed by atoms with Crippen molar-refractivity contribution < 1.29 is 14.6 Å². The lowest BCUT2D eigenvalue weighted by atomic mass is 9.93. The minimum Gasteiger partial charge on any atom is -0.481 e. The summed E-state index contributed by atoms with van der Waals surface area (Å²) in [5.41, 5.74) is 0. The van der Waals surface area contributed by atoms with Crippen molar-refractivity contribution in [3.8, 4) is 0 Å². The summed E-state index contributed by atoms with van der Waals surface area (Å²) < 4.78 is 5.29. The van der Waals surface area contributed by atoms with Crippen molar-refractivity contribution in [2.24, 2.45) is 5.92 Å². The first-order valence-corrected chi connectivity index (χ1v) is 4.30. The van der Waals surface area contributed by atoms with Gasteiger partial charge in [-0.15, -0.1) is 0 Å². The van der Waals surface area contributed by atoms with Crippen molar-refractivity contribution in [3.63, 3.8) is 0 Å². The molecule has 4 heteroatoms. The van der Waals surface area contributed by atoms with Crippen LogP contribution in [0.5, 0.6) is 0 Å². The van der Waals surface area contributed by atoms with Gasteiger partial charge in [-0.05, 0) is 12.8 Å². The van der Waals surface area contributed by atoms with Gasteiger partial charge in [0.15, 0.2) is 0 Å². The van der Waals surface area contributed by atoms with Crippen molar-refractivity contribution >= 4 is 13.8 Å². The largest absolute Gasteiger partial charge is 0.481 e. The fourth-order valence-electron chi connectivity index (χ4n) is 1.53. The number of aliphatic carboxylic acids is 1. The Hall–Kier alpha value is -0.505. The van der Waals surface area contributed by atoms with E-state index in [4.69, 9.17) is 17.7 Å². The van der Waals surface area contributed by atoms with Gasteiger partial charge in [-0.25, -0.2) is 0 Å². The number of carbonyl (C=O) groups is 1. The summed E-state index contributed by atoms with van der Waals surface area (Å²) in [5.74, 6) is -1.05. The quantitative estimate of drug-likeness (QED) is 0.632. The molecular weight excluding hydrogens is 155 g/mol. The summed E-state index contributed by atoms with van der Waals surface area (Å²) in [6.07, 6.45) is 2.75. The molecular formula is C8H13BO3. The molecule has 0 amide bonds. The van der Waals surface area contributed by atoms with E-state index in [-0.39, 0.29) is 12.0 Å². The van der Waals surface area contributed by atoms with E-state index < -0.39 is 5.97 Å². The number of hydrogen-bond acceptors (Lipinski definition) is 2. The van der Waals surface area contributed by atoms with Gasteiger partial charge in [0.2, 0.25) is 0 Å². The summed E-state index contributed by atoms with van der Waals surface area (Å²) in [7, 11) is 5.33. The van der Waals surface area contributed by atoms with Crippen LogP contribution >= 0.6 is 0 Å². The van der Waals surface area contributed by atoms with Gasteiger partial charge in [0, 0.05) is 6.61 Å². The molecule has 2 radical (unpaired) electrons. The number of hydrogen-bond donors (Lipinski definition) is 1. The molecule has 0 bridgehead atoms. The van der Waals surface area contributed by atoms with Crippen LogP contribution in [0.4, 0.5) is 0 Å². The third kappa shape index (κ3) is 2.24. The van der Waals surface area contributed by atoms with Gasteiger partial charge in [0.05, 0.1) is 19.9 Å². The van der Waals surface area contributed by atoms with E-state index in [0.717, 1.165) is 12.8 Å². The van der Waals surface area contributed by atoms with E-state index in [1.165, 1.54) is 0 Å². The highest BCUT2D eigenvalue weighted by atomic mass is 16.5. The SMILES string of the molecule is [B]CCC[C@@H]1OCC[C@H]1C(=O)O. The van der Waals surface area contributed by atoms with Crippen molar-refractivity contribution in [1.82, 2.24) is 0 Å². The predicted octanol–water partition coefficient (Wildman–Crippen LogP) is 0.843. The molecule has 1 aliphatic rings. The van der Waals surface area contributed by atoms with E-state index in [0.29, 0.717) is 19.3 Å². The Kier molecular flexibility index (Phi) is 3.60. The fraction of sp³-hybridized carbons (Fsp3) is 0.875. The van der Waals surface area contributed by atoms with Crippen LogP contribution in [0.2, 0.25) is 6.32 Å². The summed E-state index contributed by atoms with van der Waals surface area (Å²) in [5, 5.41) is 8.77. The first-order chi connectivity index (χ1) is 5.75. The van der Waals surface area contributed by atoms with Gasteiger partial charge in [-0.1, -0.05) is 12.7 Å². The molecule has 12 heavy (non-hydrogen) atoms. The molecule has 1 rings (SSSR count). The maximum absolute atomic E-state index is 10.7. The Balaban J connectivity index is 2.35. The molecule has 2 atom stereocenters. The first kappa shape index (κ1) is 9.58. The van der Waals surface area contributed by atoms with Gasteiger partial charge in [0.1, 0.15) is 0 Å². The summed E-state index contributed by atoms with van der Waals surface area (Å²) >= 11 is 0. The monoisotopic (exact) mass is 168 g/mol. The number of carboxylic acids is 1. The standard InChI is InChI=1S/C8H13BO3/c9-4-1-2-7-6(8(10)11)3-5-12-7/h6-7H,1-5H2,(H,10,11)/t6-,7+/m1/s1. The van der Waals surface area contributed by atoms with E-state index in [9.17, 15) is 4.79 Å². The van der Waals surface area contributed by atoms with E-state index in [1.807, 2.05) is 0 Å². The molecule has 0 aromatic rings. The van der Waals surface area contributed by atoms with Crippen molar-refractivity contribution in [1.29, 1.82) is 0 Å². The van der Waals surface area contributed by atoms with Crippen LogP contribution in [-0.4, -0.2) is 31.6 Å². The van der Waals surface area contributed by atoms with Crippen LogP contribution in [0.15, 0.2) is 0 Å². The highest BCUT2D eigenvalue weighted by Gasteiger charge is 2.33. The minimum atomic E-state index is -0.741. The molecule has 0 aromatic heterocycles. The van der Waals surface area contributed by atoms with Crippen LogP contribution in [0, 0.1) is 5.92 Å². The van der Waals surface area contributed by atoms with Crippen LogP contribution in [0.1, 0.15) is 19.3 Å². The molecule has 1 saturated heterocycles. The average Bonchev–Trinajstić information content (AvgIpc) is 2.48. The number of carboxylic acid groups (broad SMARTS) is 1. The minimum absolute atomic E-state index is 0.106. The zero-order valence-electron chi connectivity index (χ0n) is 7.03. The predicted molar refractivity (Wildman–Crippen MR) is 45.3 cm³/mol. The maximum atomic E-state index is 10.7. The second-order valence-corrected chi connectivity index (χ2v) is 3.07. The lowest BCUT2D eigenvalue weighted by molar-refractivity contribution is -0.143. The second-order valence-electron chi connectivity index (χ2n) is 3.07. The summed E-state index contributed by atoms with van der Waals surface area (Å²) in [6, 6.07) is 0. The molecule has 1 aliphatic heterocycles. The molecule has 0 unspecified atom stereocenters. The van der Waals surface area contributed by atoms with Crippen molar-refractivity contribution in [3.05, 3.63) is 0 Å². The first-order valence-electron chi connectivity index (χ1n) is 4.30. The van der Waals surface area contributed by atoms with Gasteiger partial charge in [-0.2, -0.15) is 0 Å². The third-order valence-corrected chi connectivity index (χ3v) is 2.22. The molecule has 66 valence electrons. The fourth-order valence-corrected chi connectivity index (χ4v) is 1.53. The van der Waals surface area contributed by atoms with Gasteiger partial charge < -0.3 is 9.84 Å². The molecule has 1 heterocycles. The maximum Gasteiger partial charge on any atom is 0.309 e. The Labute approximate surface area is 73.5 Å². The molecule has 0 saturated carbocycles. The Morgan fingerprint density at radius 3 is 3.00 bits per heavy atom.